The maximum absolute atomic E-state index is 12.9. The van der Waals surface area contributed by atoms with E-state index in [1.54, 1.807) is 11.3 Å². The van der Waals surface area contributed by atoms with Gasteiger partial charge in [-0.3, -0.25) is 0 Å². The van der Waals surface area contributed by atoms with Crippen LogP contribution < -0.4 is 5.32 Å². The third kappa shape index (κ3) is 2.79. The van der Waals surface area contributed by atoms with Crippen molar-refractivity contribution in [3.63, 3.8) is 0 Å². The third-order valence-electron chi connectivity index (χ3n) is 2.24. The Hall–Kier alpha value is -1.42. The van der Waals surface area contributed by atoms with Gasteiger partial charge in [-0.2, -0.15) is 11.3 Å². The summed E-state index contributed by atoms with van der Waals surface area (Å²) in [5, 5.41) is 7.15. The lowest BCUT2D eigenvalue weighted by molar-refractivity contribution is 0.509. The van der Waals surface area contributed by atoms with E-state index in [0.29, 0.717) is 12.2 Å². The van der Waals surface area contributed by atoms with Gasteiger partial charge in [0.05, 0.1) is 0 Å². The number of benzene rings is 1. The van der Waals surface area contributed by atoms with Crippen LogP contribution >= 0.6 is 11.3 Å². The van der Waals surface area contributed by atoms with E-state index < -0.39 is 11.6 Å². The second-order valence-corrected chi connectivity index (χ2v) is 4.22. The molecule has 0 fully saturated rings. The van der Waals surface area contributed by atoms with Crippen LogP contribution in [0, 0.1) is 11.6 Å². The molecule has 0 unspecified atom stereocenters. The molecule has 16 heavy (non-hydrogen) atoms. The van der Waals surface area contributed by atoms with Crippen molar-refractivity contribution in [3.05, 3.63) is 52.2 Å². The van der Waals surface area contributed by atoms with Crippen molar-refractivity contribution >= 4 is 17.0 Å². The van der Waals surface area contributed by atoms with Crippen LogP contribution in [-0.4, -0.2) is 6.54 Å². The lowest BCUT2D eigenvalue weighted by atomic mass is 10.2. The Balaban J connectivity index is 1.87. The van der Waals surface area contributed by atoms with Gasteiger partial charge in [0.15, 0.2) is 11.6 Å². The molecule has 1 aromatic heterocycles. The highest BCUT2D eigenvalue weighted by Crippen LogP contribution is 2.13. The molecule has 0 saturated heterocycles. The Morgan fingerprint density at radius 1 is 1.12 bits per heavy atom. The molecule has 0 atom stereocenters. The Morgan fingerprint density at radius 3 is 2.69 bits per heavy atom. The van der Waals surface area contributed by atoms with Crippen molar-refractivity contribution in [3.8, 4) is 0 Å². The largest absolute Gasteiger partial charge is 0.385 e. The van der Waals surface area contributed by atoms with Gasteiger partial charge in [-0.05, 0) is 47.0 Å². The van der Waals surface area contributed by atoms with Gasteiger partial charge in [0.2, 0.25) is 0 Å². The third-order valence-corrected chi connectivity index (χ3v) is 2.97. The van der Waals surface area contributed by atoms with Crippen LogP contribution in [0.5, 0.6) is 0 Å². The average Bonchev–Trinajstić information content (AvgIpc) is 2.76. The minimum Gasteiger partial charge on any atom is -0.385 e. The molecule has 84 valence electrons. The van der Waals surface area contributed by atoms with Gasteiger partial charge >= 0.3 is 0 Å². The predicted molar refractivity (Wildman–Crippen MR) is 62.9 cm³/mol. The fraction of sp³-hybridized carbons (Fsp3) is 0.167. The quantitative estimate of drug-likeness (QED) is 0.858. The molecule has 2 aromatic rings. The van der Waals surface area contributed by atoms with Crippen LogP contribution in [0.25, 0.3) is 0 Å². The zero-order valence-electron chi connectivity index (χ0n) is 8.54. The first-order valence-corrected chi connectivity index (χ1v) is 5.90. The fourth-order valence-corrected chi connectivity index (χ4v) is 2.10. The lowest BCUT2D eigenvalue weighted by Crippen LogP contribution is -2.04. The molecule has 1 nitrogen and oxygen atoms in total. The Kier molecular flexibility index (Phi) is 3.51. The summed E-state index contributed by atoms with van der Waals surface area (Å²) < 4.78 is 25.5. The summed E-state index contributed by atoms with van der Waals surface area (Å²) in [5.74, 6) is -1.64. The fourth-order valence-electron chi connectivity index (χ4n) is 1.39. The van der Waals surface area contributed by atoms with Gasteiger partial charge in [0.1, 0.15) is 0 Å². The van der Waals surface area contributed by atoms with Crippen molar-refractivity contribution in [2.45, 2.75) is 6.42 Å². The monoisotopic (exact) mass is 239 g/mol. The molecule has 0 radical (unpaired) electrons. The van der Waals surface area contributed by atoms with Crippen molar-refractivity contribution in [2.24, 2.45) is 0 Å². The molecule has 4 heteroatoms. The molecule has 1 heterocycles. The Labute approximate surface area is 96.7 Å². The highest BCUT2D eigenvalue weighted by Gasteiger charge is 2.01. The zero-order chi connectivity index (χ0) is 11.4. The second kappa shape index (κ2) is 5.07. The molecule has 0 saturated carbocycles. The lowest BCUT2D eigenvalue weighted by Gasteiger charge is -2.05. The number of rotatable bonds is 4. The van der Waals surface area contributed by atoms with Crippen molar-refractivity contribution < 1.29 is 8.78 Å². The first-order chi connectivity index (χ1) is 7.75. The first-order valence-electron chi connectivity index (χ1n) is 4.96. The summed E-state index contributed by atoms with van der Waals surface area (Å²) in [4.78, 5) is 0. The van der Waals surface area contributed by atoms with Crippen LogP contribution in [0.4, 0.5) is 14.5 Å². The summed E-state index contributed by atoms with van der Waals surface area (Å²) in [5.41, 5.74) is 1.86. The van der Waals surface area contributed by atoms with Crippen molar-refractivity contribution in [1.29, 1.82) is 0 Å². The Morgan fingerprint density at radius 2 is 2.00 bits per heavy atom. The number of thiophene rings is 1. The minimum atomic E-state index is -0.819. The SMILES string of the molecule is Fc1ccc(NCCc2ccsc2)cc1F. The molecule has 2 rings (SSSR count). The molecule has 0 aliphatic heterocycles. The molecule has 1 aromatic carbocycles. The highest BCUT2D eigenvalue weighted by molar-refractivity contribution is 7.07. The normalized spacial score (nSPS) is 10.4. The van der Waals surface area contributed by atoms with E-state index in [1.807, 2.05) is 5.38 Å². The van der Waals surface area contributed by atoms with Crippen LogP contribution in [-0.2, 0) is 6.42 Å². The van der Waals surface area contributed by atoms with Crippen LogP contribution in [0.3, 0.4) is 0 Å². The van der Waals surface area contributed by atoms with E-state index in [9.17, 15) is 8.78 Å². The maximum Gasteiger partial charge on any atom is 0.160 e. The molecule has 0 aliphatic rings. The van der Waals surface area contributed by atoms with E-state index in [2.05, 4.69) is 16.8 Å². The summed E-state index contributed by atoms with van der Waals surface area (Å²) in [6.07, 6.45) is 0.877. The van der Waals surface area contributed by atoms with E-state index >= 15 is 0 Å². The minimum absolute atomic E-state index is 0.606. The molecule has 1 N–H and O–H groups in total. The smallest absolute Gasteiger partial charge is 0.160 e. The number of hydrogen-bond acceptors (Lipinski definition) is 2. The first kappa shape index (κ1) is 11.1. The van der Waals surface area contributed by atoms with Crippen molar-refractivity contribution in [2.75, 3.05) is 11.9 Å². The van der Waals surface area contributed by atoms with Gasteiger partial charge in [0.25, 0.3) is 0 Å². The molecular formula is C12H11F2NS. The second-order valence-electron chi connectivity index (χ2n) is 3.44. The molecule has 0 aliphatic carbocycles. The summed E-state index contributed by atoms with van der Waals surface area (Å²) in [7, 11) is 0. The molecule has 0 bridgehead atoms. The summed E-state index contributed by atoms with van der Waals surface area (Å²) in [6.45, 7) is 0.710. The van der Waals surface area contributed by atoms with E-state index in [4.69, 9.17) is 0 Å². The van der Waals surface area contributed by atoms with E-state index in [-0.39, 0.29) is 0 Å². The number of hydrogen-bond donors (Lipinski definition) is 1. The number of halogens is 2. The van der Waals surface area contributed by atoms with Crippen LogP contribution in [0.1, 0.15) is 5.56 Å². The summed E-state index contributed by atoms with van der Waals surface area (Å²) in [6, 6.07) is 5.88. The predicted octanol–water partition coefficient (Wildman–Crippen LogP) is 3.68. The van der Waals surface area contributed by atoms with Gasteiger partial charge < -0.3 is 5.32 Å². The topological polar surface area (TPSA) is 12.0 Å². The molecule has 0 spiro atoms. The van der Waals surface area contributed by atoms with E-state index in [1.165, 1.54) is 17.7 Å². The molecular weight excluding hydrogens is 228 g/mol. The molecule has 0 amide bonds. The van der Waals surface area contributed by atoms with Gasteiger partial charge in [-0.1, -0.05) is 0 Å². The maximum atomic E-state index is 12.9. The van der Waals surface area contributed by atoms with E-state index in [0.717, 1.165) is 12.5 Å². The number of anilines is 1. The van der Waals surface area contributed by atoms with Crippen molar-refractivity contribution in [1.82, 2.24) is 0 Å². The number of nitrogens with one attached hydrogen (secondary N) is 1. The zero-order valence-corrected chi connectivity index (χ0v) is 9.36. The van der Waals surface area contributed by atoms with Crippen LogP contribution in [0.15, 0.2) is 35.0 Å². The average molecular weight is 239 g/mol. The highest BCUT2D eigenvalue weighted by atomic mass is 32.1. The Bertz CT molecular complexity index is 454. The summed E-state index contributed by atoms with van der Waals surface area (Å²) >= 11 is 1.65. The van der Waals surface area contributed by atoms with Gasteiger partial charge in [-0.25, -0.2) is 8.78 Å². The standard InChI is InChI=1S/C12H11F2NS/c13-11-2-1-10(7-12(11)14)15-5-3-9-4-6-16-8-9/h1-2,4,6-8,15H,3,5H2. The van der Waals surface area contributed by atoms with Crippen LogP contribution in [0.2, 0.25) is 0 Å². The van der Waals surface area contributed by atoms with Gasteiger partial charge in [-0.15, -0.1) is 0 Å². The van der Waals surface area contributed by atoms with Gasteiger partial charge in [0, 0.05) is 12.2 Å².